The Morgan fingerprint density at radius 2 is 2.16 bits per heavy atom. The van der Waals surface area contributed by atoms with Gasteiger partial charge in [0.2, 0.25) is 5.91 Å². The molecule has 0 unspecified atom stereocenters. The molecule has 0 fully saturated rings. The first-order valence-corrected chi connectivity index (χ1v) is 9.62. The van der Waals surface area contributed by atoms with Crippen molar-refractivity contribution in [2.75, 3.05) is 0 Å². The first-order valence-electron chi connectivity index (χ1n) is 7.86. The largest absolute Gasteiger partial charge is 0.350 e. The molecule has 1 N–H and O–H groups in total. The number of aryl methyl sites for hydroxylation is 1. The van der Waals surface area contributed by atoms with Gasteiger partial charge in [0, 0.05) is 28.7 Å². The van der Waals surface area contributed by atoms with Crippen molar-refractivity contribution in [1.29, 1.82) is 0 Å². The van der Waals surface area contributed by atoms with Crippen molar-refractivity contribution in [1.82, 2.24) is 19.7 Å². The Hall–Kier alpha value is -2.51. The molecular formula is C18H16N4OS2. The highest BCUT2D eigenvalue weighted by Gasteiger charge is 2.10. The van der Waals surface area contributed by atoms with Crippen molar-refractivity contribution in [2.24, 2.45) is 0 Å². The van der Waals surface area contributed by atoms with E-state index in [2.05, 4.69) is 34.3 Å². The number of carbonyl (C=O) groups excluding carboxylic acids is 1. The fourth-order valence-corrected chi connectivity index (χ4v) is 4.11. The second-order valence-corrected chi connectivity index (χ2v) is 7.52. The first kappa shape index (κ1) is 16.0. The zero-order valence-electron chi connectivity index (χ0n) is 13.6. The Kier molecular flexibility index (Phi) is 4.33. The van der Waals surface area contributed by atoms with E-state index in [1.807, 2.05) is 39.7 Å². The van der Waals surface area contributed by atoms with Crippen LogP contribution in [0, 0.1) is 6.92 Å². The number of fused-ring (bicyclic) bond motifs is 1. The van der Waals surface area contributed by atoms with Gasteiger partial charge in [-0.3, -0.25) is 9.20 Å². The number of hydrogen-bond donors (Lipinski definition) is 1. The molecule has 4 rings (SSSR count). The van der Waals surface area contributed by atoms with Crippen LogP contribution in [0.2, 0.25) is 0 Å². The van der Waals surface area contributed by atoms with Crippen molar-refractivity contribution < 1.29 is 4.79 Å². The number of rotatable bonds is 5. The van der Waals surface area contributed by atoms with Crippen LogP contribution in [-0.2, 0) is 17.8 Å². The molecule has 0 saturated carbocycles. The summed E-state index contributed by atoms with van der Waals surface area (Å²) in [5.74, 6) is -0.0440. The number of hydrogen-bond acceptors (Lipinski definition) is 5. The van der Waals surface area contributed by atoms with Gasteiger partial charge < -0.3 is 5.32 Å². The van der Waals surface area contributed by atoms with E-state index in [-0.39, 0.29) is 12.3 Å². The topological polar surface area (TPSA) is 59.3 Å². The molecule has 0 bridgehead atoms. The van der Waals surface area contributed by atoms with E-state index in [0.29, 0.717) is 6.54 Å². The van der Waals surface area contributed by atoms with E-state index in [1.165, 1.54) is 5.56 Å². The normalized spacial score (nSPS) is 11.1. The van der Waals surface area contributed by atoms with Gasteiger partial charge in [-0.1, -0.05) is 23.8 Å². The maximum absolute atomic E-state index is 12.2. The Morgan fingerprint density at radius 3 is 3.00 bits per heavy atom. The van der Waals surface area contributed by atoms with Gasteiger partial charge in [0.25, 0.3) is 0 Å². The van der Waals surface area contributed by atoms with Crippen molar-refractivity contribution >= 4 is 33.5 Å². The molecule has 0 aliphatic heterocycles. The molecule has 0 saturated heterocycles. The molecule has 0 aliphatic rings. The predicted molar refractivity (Wildman–Crippen MR) is 101 cm³/mol. The van der Waals surface area contributed by atoms with Crippen LogP contribution >= 0.6 is 22.7 Å². The fourth-order valence-electron chi connectivity index (χ4n) is 2.58. The third-order valence-electron chi connectivity index (χ3n) is 3.77. The molecule has 7 heteroatoms. The third kappa shape index (κ3) is 3.62. The summed E-state index contributed by atoms with van der Waals surface area (Å²) in [4.78, 5) is 22.1. The molecular weight excluding hydrogens is 352 g/mol. The molecule has 3 heterocycles. The van der Waals surface area contributed by atoms with E-state index in [1.54, 1.807) is 22.7 Å². The van der Waals surface area contributed by atoms with Gasteiger partial charge in [0.15, 0.2) is 4.96 Å². The Bertz CT molecular complexity index is 1000. The number of benzene rings is 1. The lowest BCUT2D eigenvalue weighted by atomic mass is 10.1. The van der Waals surface area contributed by atoms with Gasteiger partial charge in [-0.25, -0.2) is 9.97 Å². The summed E-state index contributed by atoms with van der Waals surface area (Å²) in [7, 11) is 0. The summed E-state index contributed by atoms with van der Waals surface area (Å²) in [6.45, 7) is 2.49. The van der Waals surface area contributed by atoms with Gasteiger partial charge in [0.1, 0.15) is 5.01 Å². The summed E-state index contributed by atoms with van der Waals surface area (Å²) in [6, 6.07) is 8.23. The molecule has 0 spiro atoms. The Balaban J connectivity index is 1.37. The molecule has 5 nitrogen and oxygen atoms in total. The average Bonchev–Trinajstić information content (AvgIpc) is 3.28. The van der Waals surface area contributed by atoms with Crippen molar-refractivity contribution in [3.8, 4) is 10.6 Å². The molecule has 0 atom stereocenters. The van der Waals surface area contributed by atoms with Gasteiger partial charge in [-0.2, -0.15) is 0 Å². The highest BCUT2D eigenvalue weighted by Crippen LogP contribution is 2.24. The summed E-state index contributed by atoms with van der Waals surface area (Å²) in [6.07, 6.45) is 4.18. The third-order valence-corrected chi connectivity index (χ3v) is 5.48. The summed E-state index contributed by atoms with van der Waals surface area (Å²) < 4.78 is 1.96. The number of carbonyl (C=O) groups is 1. The van der Waals surface area contributed by atoms with Gasteiger partial charge >= 0.3 is 0 Å². The molecule has 0 radical (unpaired) electrons. The zero-order valence-corrected chi connectivity index (χ0v) is 15.2. The quantitative estimate of drug-likeness (QED) is 0.584. The lowest BCUT2D eigenvalue weighted by Crippen LogP contribution is -2.24. The minimum Gasteiger partial charge on any atom is -0.350 e. The molecule has 1 amide bonds. The van der Waals surface area contributed by atoms with Crippen molar-refractivity contribution in [3.63, 3.8) is 0 Å². The molecule has 3 aromatic heterocycles. The van der Waals surface area contributed by atoms with Crippen LogP contribution in [0.15, 0.2) is 47.4 Å². The number of thiazole rings is 2. The highest BCUT2D eigenvalue weighted by atomic mass is 32.1. The minimum atomic E-state index is -0.0440. The van der Waals surface area contributed by atoms with Crippen LogP contribution in [0.25, 0.3) is 15.5 Å². The molecule has 4 aromatic rings. The standard InChI is InChI=1S/C18H16N4OS2/c1-12-3-2-4-13(7-12)17-20-14(11-25-17)8-16(23)19-9-15-10-22-5-6-24-18(22)21-15/h2-7,10-11H,8-9H2,1H3,(H,19,23). The smallest absolute Gasteiger partial charge is 0.226 e. The zero-order chi connectivity index (χ0) is 17.2. The summed E-state index contributed by atoms with van der Waals surface area (Å²) >= 11 is 3.14. The van der Waals surface area contributed by atoms with E-state index in [9.17, 15) is 4.79 Å². The average molecular weight is 368 g/mol. The lowest BCUT2D eigenvalue weighted by Gasteiger charge is -2.01. The van der Waals surface area contributed by atoms with Crippen LogP contribution in [0.3, 0.4) is 0 Å². The number of amides is 1. The predicted octanol–water partition coefficient (Wildman–Crippen LogP) is 3.69. The maximum Gasteiger partial charge on any atom is 0.226 e. The maximum atomic E-state index is 12.2. The molecule has 0 aliphatic carbocycles. The van der Waals surface area contributed by atoms with E-state index in [0.717, 1.165) is 26.9 Å². The van der Waals surface area contributed by atoms with Gasteiger partial charge in [0.05, 0.1) is 24.4 Å². The van der Waals surface area contributed by atoms with Crippen LogP contribution < -0.4 is 5.32 Å². The molecule has 126 valence electrons. The number of nitrogens with zero attached hydrogens (tertiary/aromatic N) is 3. The second-order valence-electron chi connectivity index (χ2n) is 5.79. The SMILES string of the molecule is Cc1cccc(-c2nc(CC(=O)NCc3cn4ccsc4n3)cs2)c1. The Labute approximate surface area is 153 Å². The number of imidazole rings is 1. The van der Waals surface area contributed by atoms with Gasteiger partial charge in [-0.05, 0) is 13.0 Å². The Morgan fingerprint density at radius 1 is 1.24 bits per heavy atom. The monoisotopic (exact) mass is 368 g/mol. The summed E-state index contributed by atoms with van der Waals surface area (Å²) in [5, 5.41) is 7.79. The van der Waals surface area contributed by atoms with Crippen molar-refractivity contribution in [2.45, 2.75) is 19.9 Å². The minimum absolute atomic E-state index is 0.0440. The van der Waals surface area contributed by atoms with Crippen LogP contribution in [-0.4, -0.2) is 20.3 Å². The fraction of sp³-hybridized carbons (Fsp3) is 0.167. The molecule has 1 aromatic carbocycles. The first-order chi connectivity index (χ1) is 12.2. The second kappa shape index (κ2) is 6.78. The lowest BCUT2D eigenvalue weighted by molar-refractivity contribution is -0.120. The van der Waals surface area contributed by atoms with Crippen molar-refractivity contribution in [3.05, 3.63) is 64.4 Å². The molecule has 25 heavy (non-hydrogen) atoms. The number of nitrogens with one attached hydrogen (secondary N) is 1. The van der Waals surface area contributed by atoms with E-state index < -0.39 is 0 Å². The number of aromatic nitrogens is 3. The van der Waals surface area contributed by atoms with Crippen LogP contribution in [0.1, 0.15) is 17.0 Å². The van der Waals surface area contributed by atoms with Gasteiger partial charge in [-0.15, -0.1) is 22.7 Å². The van der Waals surface area contributed by atoms with Crippen LogP contribution in [0.4, 0.5) is 0 Å². The summed E-state index contributed by atoms with van der Waals surface area (Å²) in [5.41, 5.74) is 3.95. The van der Waals surface area contributed by atoms with Crippen LogP contribution in [0.5, 0.6) is 0 Å². The van der Waals surface area contributed by atoms with E-state index >= 15 is 0 Å². The highest BCUT2D eigenvalue weighted by molar-refractivity contribution is 7.15. The van der Waals surface area contributed by atoms with E-state index in [4.69, 9.17) is 0 Å².